The molecular formula is C10H26O3Si2. The number of hydrogen-bond acceptors (Lipinski definition) is 3. The monoisotopic (exact) mass is 250 g/mol. The normalized spacial score (nSPS) is 18.8. The van der Waals surface area contributed by atoms with Gasteiger partial charge in [-0.1, -0.05) is 0 Å². The third-order valence-corrected chi connectivity index (χ3v) is 7.03. The van der Waals surface area contributed by atoms with E-state index < -0.39 is 27.5 Å². The summed E-state index contributed by atoms with van der Waals surface area (Å²) < 4.78 is 5.98. The van der Waals surface area contributed by atoms with E-state index in [0.29, 0.717) is 0 Å². The van der Waals surface area contributed by atoms with Crippen molar-refractivity contribution in [2.45, 2.75) is 64.3 Å². The lowest BCUT2D eigenvalue weighted by Crippen LogP contribution is -2.67. The van der Waals surface area contributed by atoms with Crippen molar-refractivity contribution in [3.63, 3.8) is 0 Å². The van der Waals surface area contributed by atoms with Crippen LogP contribution in [0.2, 0.25) is 32.7 Å². The molecule has 2 N–H and O–H groups in total. The van der Waals surface area contributed by atoms with Crippen molar-refractivity contribution in [1.82, 2.24) is 0 Å². The van der Waals surface area contributed by atoms with Crippen LogP contribution in [0.25, 0.3) is 0 Å². The predicted molar refractivity (Wildman–Crippen MR) is 68.8 cm³/mol. The fourth-order valence-electron chi connectivity index (χ4n) is 1.60. The van der Waals surface area contributed by atoms with Crippen LogP contribution in [-0.2, 0) is 4.43 Å². The van der Waals surface area contributed by atoms with Gasteiger partial charge >= 0.3 is 0 Å². The van der Waals surface area contributed by atoms with E-state index in [0.717, 1.165) is 0 Å². The van der Waals surface area contributed by atoms with Crippen molar-refractivity contribution in [3.05, 3.63) is 0 Å². The molecule has 0 rings (SSSR count). The molecule has 0 aliphatic rings. The smallest absolute Gasteiger partial charge is 0.216 e. The van der Waals surface area contributed by atoms with Crippen LogP contribution >= 0.6 is 0 Å². The first-order valence-corrected chi connectivity index (χ1v) is 11.7. The molecule has 0 aromatic rings. The fraction of sp³-hybridized carbons (Fsp3) is 1.00. The summed E-state index contributed by atoms with van der Waals surface area (Å²) in [5, 5.41) is 9.30. The SMILES string of the molecule is CC(C)(O[Si](C)(C)C)C(C)(O)[Si](C)(C)O. The highest BCUT2D eigenvalue weighted by Crippen LogP contribution is 2.34. The van der Waals surface area contributed by atoms with Gasteiger partial charge in [-0.25, -0.2) is 0 Å². The first-order valence-electron chi connectivity index (χ1n) is 5.36. The average Bonchev–Trinajstić information content (AvgIpc) is 1.77. The summed E-state index contributed by atoms with van der Waals surface area (Å²) in [5.74, 6) is 0. The maximum absolute atomic E-state index is 10.5. The largest absolute Gasteiger partial charge is 0.429 e. The molecule has 15 heavy (non-hydrogen) atoms. The van der Waals surface area contributed by atoms with Gasteiger partial charge in [0, 0.05) is 0 Å². The minimum Gasteiger partial charge on any atom is -0.429 e. The van der Waals surface area contributed by atoms with Gasteiger partial charge in [-0.05, 0) is 53.5 Å². The standard InChI is InChI=1S/C10H26O3Si2/c1-9(2,13-14(4,5)6)10(3,11)15(7,8)12/h11-12H,1-8H3. The average molecular weight is 250 g/mol. The van der Waals surface area contributed by atoms with Crippen LogP contribution in [-0.4, -0.2) is 37.4 Å². The lowest BCUT2D eigenvalue weighted by atomic mass is 10.0. The first-order chi connectivity index (χ1) is 6.21. The molecule has 92 valence electrons. The number of rotatable bonds is 4. The van der Waals surface area contributed by atoms with E-state index in [-0.39, 0.29) is 0 Å². The zero-order valence-electron chi connectivity index (χ0n) is 11.3. The Bertz CT molecular complexity index is 224. The Hall–Kier alpha value is 0.314. The van der Waals surface area contributed by atoms with E-state index in [9.17, 15) is 9.90 Å². The molecule has 0 aliphatic heterocycles. The molecule has 0 bridgehead atoms. The number of aliphatic hydroxyl groups is 1. The molecule has 0 spiro atoms. The lowest BCUT2D eigenvalue weighted by molar-refractivity contribution is -0.0679. The summed E-state index contributed by atoms with van der Waals surface area (Å²) in [7, 11) is -4.40. The Morgan fingerprint density at radius 1 is 0.933 bits per heavy atom. The minimum atomic E-state index is -2.67. The van der Waals surface area contributed by atoms with Gasteiger partial charge in [0.25, 0.3) is 0 Å². The first kappa shape index (κ1) is 15.3. The summed E-state index contributed by atoms with van der Waals surface area (Å²) in [6.07, 6.45) is 0. The van der Waals surface area contributed by atoms with E-state index in [4.69, 9.17) is 4.43 Å². The highest BCUT2D eigenvalue weighted by molar-refractivity contribution is 6.73. The Balaban J connectivity index is 5.03. The highest BCUT2D eigenvalue weighted by Gasteiger charge is 2.53. The van der Waals surface area contributed by atoms with E-state index in [2.05, 4.69) is 19.6 Å². The Labute approximate surface area is 95.7 Å². The van der Waals surface area contributed by atoms with Crippen LogP contribution in [0.4, 0.5) is 0 Å². The molecule has 0 amide bonds. The van der Waals surface area contributed by atoms with Crippen LogP contribution < -0.4 is 0 Å². The molecule has 0 fully saturated rings. The van der Waals surface area contributed by atoms with Crippen LogP contribution in [0, 0.1) is 0 Å². The van der Waals surface area contributed by atoms with Gasteiger partial charge in [0.05, 0.1) is 5.60 Å². The van der Waals surface area contributed by atoms with E-state index in [1.54, 1.807) is 20.0 Å². The molecule has 1 atom stereocenters. The molecule has 0 aromatic heterocycles. The second-order valence-corrected chi connectivity index (χ2v) is 14.9. The molecule has 0 aliphatic carbocycles. The van der Waals surface area contributed by atoms with E-state index in [1.807, 2.05) is 13.8 Å². The van der Waals surface area contributed by atoms with Gasteiger partial charge in [-0.3, -0.25) is 0 Å². The third kappa shape index (κ3) is 3.67. The van der Waals surface area contributed by atoms with Gasteiger partial charge in [-0.2, -0.15) is 0 Å². The summed E-state index contributed by atoms with van der Waals surface area (Å²) >= 11 is 0. The zero-order chi connectivity index (χ0) is 12.7. The second kappa shape index (κ2) is 3.96. The lowest BCUT2D eigenvalue weighted by Gasteiger charge is -2.48. The van der Waals surface area contributed by atoms with Crippen molar-refractivity contribution in [3.8, 4) is 0 Å². The van der Waals surface area contributed by atoms with Gasteiger partial charge in [0.2, 0.25) is 8.32 Å². The van der Waals surface area contributed by atoms with Crippen molar-refractivity contribution in [2.75, 3.05) is 0 Å². The minimum absolute atomic E-state index is 0.706. The van der Waals surface area contributed by atoms with Crippen molar-refractivity contribution < 1.29 is 14.3 Å². The Morgan fingerprint density at radius 2 is 1.27 bits per heavy atom. The second-order valence-electron chi connectivity index (χ2n) is 6.36. The van der Waals surface area contributed by atoms with Crippen LogP contribution in [0.15, 0.2) is 0 Å². The zero-order valence-corrected chi connectivity index (χ0v) is 13.3. The maximum atomic E-state index is 10.5. The van der Waals surface area contributed by atoms with Gasteiger partial charge < -0.3 is 14.3 Å². The molecule has 5 heteroatoms. The van der Waals surface area contributed by atoms with Gasteiger partial charge in [0.15, 0.2) is 8.32 Å². The summed E-state index contributed by atoms with van der Waals surface area (Å²) in [6, 6.07) is 0. The summed E-state index contributed by atoms with van der Waals surface area (Å²) in [5.41, 5.74) is -0.706. The van der Waals surface area contributed by atoms with Crippen molar-refractivity contribution in [1.29, 1.82) is 0 Å². The van der Waals surface area contributed by atoms with Gasteiger partial charge in [-0.15, -0.1) is 0 Å². The molecule has 3 nitrogen and oxygen atoms in total. The summed E-state index contributed by atoms with van der Waals surface area (Å²) in [4.78, 5) is 10.1. The third-order valence-electron chi connectivity index (χ3n) is 2.92. The van der Waals surface area contributed by atoms with Crippen molar-refractivity contribution >= 4 is 16.6 Å². The molecule has 0 saturated heterocycles. The van der Waals surface area contributed by atoms with Crippen LogP contribution in [0.3, 0.4) is 0 Å². The highest BCUT2D eigenvalue weighted by atomic mass is 28.4. The van der Waals surface area contributed by atoms with Crippen LogP contribution in [0.1, 0.15) is 20.8 Å². The molecule has 0 saturated carbocycles. The molecule has 0 heterocycles. The quantitative estimate of drug-likeness (QED) is 0.751. The maximum Gasteiger partial charge on any atom is 0.216 e. The van der Waals surface area contributed by atoms with Gasteiger partial charge in [0.1, 0.15) is 5.22 Å². The van der Waals surface area contributed by atoms with Crippen molar-refractivity contribution in [2.24, 2.45) is 0 Å². The van der Waals surface area contributed by atoms with E-state index >= 15 is 0 Å². The van der Waals surface area contributed by atoms with E-state index in [1.165, 1.54) is 0 Å². The summed E-state index contributed by atoms with van der Waals surface area (Å²) in [6.45, 7) is 15.1. The fourth-order valence-corrected chi connectivity index (χ4v) is 4.96. The predicted octanol–water partition coefficient (Wildman–Crippen LogP) is 2.10. The van der Waals surface area contributed by atoms with Crippen LogP contribution in [0.5, 0.6) is 0 Å². The molecule has 1 unspecified atom stereocenters. The Kier molecular flexibility index (Phi) is 4.04. The molecule has 0 radical (unpaired) electrons. The molecule has 0 aromatic carbocycles. The number of hydrogen-bond donors (Lipinski definition) is 2. The molecular weight excluding hydrogens is 224 g/mol. The topological polar surface area (TPSA) is 49.7 Å². The Morgan fingerprint density at radius 3 is 1.47 bits per heavy atom.